The number of fused-ring (bicyclic) bond motifs is 1. The summed E-state index contributed by atoms with van der Waals surface area (Å²) in [5.74, 6) is -0.0791. The van der Waals surface area contributed by atoms with Crippen molar-refractivity contribution in [1.29, 1.82) is 5.26 Å². The number of aliphatic imine (C=N–C) groups is 1. The highest BCUT2D eigenvalue weighted by atomic mass is 32.1. The number of nitriles is 1. The monoisotopic (exact) mass is 398 g/mol. The fourth-order valence-corrected chi connectivity index (χ4v) is 5.50. The molecule has 0 heterocycles. The quantitative estimate of drug-likeness (QED) is 0.422. The van der Waals surface area contributed by atoms with Gasteiger partial charge in [-0.3, -0.25) is 0 Å². The molecular formula is C22H26N2O3S. The molecule has 0 radical (unpaired) electrons. The standard InChI is InChI=1S/C22H26N2O3S/c1-4-16-11-21(9-8-19(16)26-3)12-17-7-6-15(13-23)10-18(17)22(21,24-14-28)20(25)27-5-2/h6-7,10,16,19H,4-5,8-9,11-12H2,1-3H3/t16-,19-,21-,22+/m0/s1. The maximum atomic E-state index is 13.4. The number of hydrogen-bond donors (Lipinski definition) is 0. The number of carbonyl (C=O) groups excluding carboxylic acids is 1. The van der Waals surface area contributed by atoms with Gasteiger partial charge in [-0.25, -0.2) is 9.79 Å². The van der Waals surface area contributed by atoms with E-state index < -0.39 is 16.9 Å². The number of ether oxygens (including phenoxy) is 2. The second-order valence-electron chi connectivity index (χ2n) is 7.76. The Morgan fingerprint density at radius 3 is 2.82 bits per heavy atom. The van der Waals surface area contributed by atoms with Crippen molar-refractivity contribution in [3.8, 4) is 6.07 Å². The van der Waals surface area contributed by atoms with Gasteiger partial charge in [0.05, 0.1) is 29.5 Å². The predicted octanol–water partition coefficient (Wildman–Crippen LogP) is 4.19. The van der Waals surface area contributed by atoms with Crippen LogP contribution in [0.5, 0.6) is 0 Å². The smallest absolute Gasteiger partial charge is 0.340 e. The zero-order chi connectivity index (χ0) is 20.4. The molecule has 1 aromatic carbocycles. The van der Waals surface area contributed by atoms with E-state index in [1.807, 2.05) is 6.07 Å². The Morgan fingerprint density at radius 2 is 2.21 bits per heavy atom. The number of hydrogen-bond acceptors (Lipinski definition) is 6. The Hall–Kier alpha value is -2.06. The van der Waals surface area contributed by atoms with Crippen LogP contribution in [-0.2, 0) is 26.2 Å². The highest BCUT2D eigenvalue weighted by Gasteiger charge is 2.65. The topological polar surface area (TPSA) is 71.7 Å². The van der Waals surface area contributed by atoms with E-state index in [0.717, 1.165) is 36.8 Å². The van der Waals surface area contributed by atoms with Crippen LogP contribution in [0.3, 0.4) is 0 Å². The maximum absolute atomic E-state index is 13.4. The van der Waals surface area contributed by atoms with E-state index in [-0.39, 0.29) is 12.7 Å². The first-order chi connectivity index (χ1) is 13.5. The van der Waals surface area contributed by atoms with Crippen LogP contribution in [-0.4, -0.2) is 31.0 Å². The molecule has 0 aliphatic heterocycles. The van der Waals surface area contributed by atoms with Crippen molar-refractivity contribution in [3.63, 3.8) is 0 Å². The normalized spacial score (nSPS) is 30.9. The predicted molar refractivity (Wildman–Crippen MR) is 109 cm³/mol. The summed E-state index contributed by atoms with van der Waals surface area (Å²) in [7, 11) is 1.75. The minimum atomic E-state index is -1.25. The number of methoxy groups -OCH3 is 1. The van der Waals surface area contributed by atoms with Crippen LogP contribution in [0.2, 0.25) is 0 Å². The van der Waals surface area contributed by atoms with Crippen molar-refractivity contribution in [1.82, 2.24) is 0 Å². The highest BCUT2D eigenvalue weighted by Crippen LogP contribution is 2.61. The Labute approximate surface area is 171 Å². The first kappa shape index (κ1) is 20.7. The SMILES string of the molecule is CCOC(=O)[C@]1(N=C=S)c2cc(C#N)ccc2C[C@@]12CC[C@H](OC)[C@@H](CC)C2. The summed E-state index contributed by atoms with van der Waals surface area (Å²) in [6, 6.07) is 7.69. The molecular weight excluding hydrogens is 372 g/mol. The van der Waals surface area contributed by atoms with Crippen LogP contribution >= 0.6 is 12.2 Å². The van der Waals surface area contributed by atoms with Gasteiger partial charge in [0.2, 0.25) is 0 Å². The molecule has 1 fully saturated rings. The van der Waals surface area contributed by atoms with Gasteiger partial charge in [-0.05, 0) is 74.0 Å². The van der Waals surface area contributed by atoms with Crippen molar-refractivity contribution in [2.45, 2.75) is 57.6 Å². The third-order valence-corrected chi connectivity index (χ3v) is 6.71. The first-order valence-electron chi connectivity index (χ1n) is 9.84. The van der Waals surface area contributed by atoms with Crippen molar-refractivity contribution in [3.05, 3.63) is 34.9 Å². The van der Waals surface area contributed by atoms with Crippen molar-refractivity contribution in [2.24, 2.45) is 16.3 Å². The number of rotatable bonds is 5. The number of nitrogens with zero attached hydrogens (tertiary/aromatic N) is 2. The van der Waals surface area contributed by atoms with Crippen molar-refractivity contribution in [2.75, 3.05) is 13.7 Å². The number of benzene rings is 1. The highest BCUT2D eigenvalue weighted by molar-refractivity contribution is 7.78. The lowest BCUT2D eigenvalue weighted by molar-refractivity contribution is -0.159. The Kier molecular flexibility index (Phi) is 6.00. The minimum Gasteiger partial charge on any atom is -0.464 e. The molecule has 3 rings (SSSR count). The van der Waals surface area contributed by atoms with E-state index in [9.17, 15) is 10.1 Å². The zero-order valence-electron chi connectivity index (χ0n) is 16.7. The zero-order valence-corrected chi connectivity index (χ0v) is 17.5. The summed E-state index contributed by atoms with van der Waals surface area (Å²) < 4.78 is 11.2. The van der Waals surface area contributed by atoms with Crippen LogP contribution in [0.4, 0.5) is 0 Å². The number of isothiocyanates is 1. The Bertz CT molecular complexity index is 858. The van der Waals surface area contributed by atoms with Gasteiger partial charge in [-0.2, -0.15) is 5.26 Å². The molecule has 0 N–H and O–H groups in total. The van der Waals surface area contributed by atoms with Crippen molar-refractivity contribution >= 4 is 23.3 Å². The molecule has 6 heteroatoms. The molecule has 1 aromatic rings. The van der Waals surface area contributed by atoms with E-state index in [1.54, 1.807) is 26.2 Å². The molecule has 0 amide bonds. The summed E-state index contributed by atoms with van der Waals surface area (Å²) in [4.78, 5) is 17.9. The molecule has 148 valence electrons. The van der Waals surface area contributed by atoms with Gasteiger partial charge in [0.1, 0.15) is 0 Å². The molecule has 0 saturated heterocycles. The largest absolute Gasteiger partial charge is 0.464 e. The van der Waals surface area contributed by atoms with E-state index in [4.69, 9.17) is 21.7 Å². The second-order valence-corrected chi connectivity index (χ2v) is 7.94. The van der Waals surface area contributed by atoms with E-state index in [2.05, 4.69) is 23.1 Å². The van der Waals surface area contributed by atoms with Crippen LogP contribution in [0.1, 0.15) is 56.2 Å². The number of thiocarbonyl (C=S) groups is 1. The molecule has 1 saturated carbocycles. The lowest BCUT2D eigenvalue weighted by atomic mass is 9.58. The maximum Gasteiger partial charge on any atom is 0.340 e. The lowest BCUT2D eigenvalue weighted by Gasteiger charge is -2.48. The van der Waals surface area contributed by atoms with E-state index in [1.165, 1.54) is 0 Å². The molecule has 0 bridgehead atoms. The summed E-state index contributed by atoms with van der Waals surface area (Å²) >= 11 is 5.00. The lowest BCUT2D eigenvalue weighted by Crippen LogP contribution is -2.53. The summed E-state index contributed by atoms with van der Waals surface area (Å²) in [5, 5.41) is 11.9. The molecule has 28 heavy (non-hydrogen) atoms. The van der Waals surface area contributed by atoms with Crippen LogP contribution < -0.4 is 0 Å². The van der Waals surface area contributed by atoms with Crippen LogP contribution in [0.15, 0.2) is 23.2 Å². The summed E-state index contributed by atoms with van der Waals surface area (Å²) in [5.41, 5.74) is 0.581. The minimum absolute atomic E-state index is 0.172. The Morgan fingerprint density at radius 1 is 1.43 bits per heavy atom. The molecule has 1 spiro atoms. The fraction of sp³-hybridized carbons (Fsp3) is 0.591. The molecule has 0 unspecified atom stereocenters. The fourth-order valence-electron chi connectivity index (χ4n) is 5.37. The molecule has 2 aliphatic rings. The number of carbonyl (C=O) groups is 1. The van der Waals surface area contributed by atoms with Gasteiger partial charge in [-0.1, -0.05) is 19.4 Å². The Balaban J connectivity index is 2.23. The average Bonchev–Trinajstić information content (AvgIpc) is 2.97. The average molecular weight is 399 g/mol. The molecule has 4 atom stereocenters. The van der Waals surface area contributed by atoms with Gasteiger partial charge in [0.15, 0.2) is 5.54 Å². The molecule has 2 aliphatic carbocycles. The second kappa shape index (κ2) is 8.13. The summed E-state index contributed by atoms with van der Waals surface area (Å²) in [6.45, 7) is 4.20. The van der Waals surface area contributed by atoms with E-state index >= 15 is 0 Å². The summed E-state index contributed by atoms with van der Waals surface area (Å²) in [6.07, 6.45) is 4.25. The first-order valence-corrected chi connectivity index (χ1v) is 10.2. The van der Waals surface area contributed by atoms with Gasteiger partial charge in [0.25, 0.3) is 0 Å². The van der Waals surface area contributed by atoms with Gasteiger partial charge >= 0.3 is 5.97 Å². The molecule has 0 aromatic heterocycles. The molecule has 5 nitrogen and oxygen atoms in total. The van der Waals surface area contributed by atoms with Gasteiger partial charge in [0, 0.05) is 12.5 Å². The van der Waals surface area contributed by atoms with Crippen LogP contribution in [0.25, 0.3) is 0 Å². The third-order valence-electron chi connectivity index (χ3n) is 6.62. The van der Waals surface area contributed by atoms with Crippen LogP contribution in [0, 0.1) is 22.7 Å². The van der Waals surface area contributed by atoms with Gasteiger partial charge in [-0.15, -0.1) is 0 Å². The van der Waals surface area contributed by atoms with Crippen molar-refractivity contribution < 1.29 is 14.3 Å². The van der Waals surface area contributed by atoms with E-state index in [0.29, 0.717) is 17.9 Å². The number of esters is 1. The third kappa shape index (κ3) is 2.99. The van der Waals surface area contributed by atoms with Gasteiger partial charge < -0.3 is 9.47 Å².